The Bertz CT molecular complexity index is 387. The maximum absolute atomic E-state index is 5.74. The van der Waals surface area contributed by atoms with Crippen molar-refractivity contribution in [3.63, 3.8) is 0 Å². The van der Waals surface area contributed by atoms with Crippen molar-refractivity contribution in [2.75, 3.05) is 11.4 Å². The third-order valence-corrected chi connectivity index (χ3v) is 4.23. The van der Waals surface area contributed by atoms with E-state index in [-0.39, 0.29) is 0 Å². The number of hydrogen-bond acceptors (Lipinski definition) is 2. The third-order valence-electron chi connectivity index (χ3n) is 4.23. The van der Waals surface area contributed by atoms with Gasteiger partial charge in [0.1, 0.15) is 0 Å². The number of nitrogens with zero attached hydrogens (tertiary/aromatic N) is 1. The molecule has 2 heteroatoms. The van der Waals surface area contributed by atoms with Crippen LogP contribution in [0.1, 0.15) is 50.2 Å². The number of aryl methyl sites for hydroxylation is 1. The van der Waals surface area contributed by atoms with E-state index < -0.39 is 0 Å². The normalized spacial score (nSPS) is 20.8. The van der Waals surface area contributed by atoms with E-state index in [4.69, 9.17) is 5.73 Å². The van der Waals surface area contributed by atoms with Gasteiger partial charge in [-0.3, -0.25) is 0 Å². The average molecular weight is 246 g/mol. The molecule has 100 valence electrons. The minimum absolute atomic E-state index is 0.642. The Balaban J connectivity index is 2.24. The zero-order valence-electron chi connectivity index (χ0n) is 11.8. The van der Waals surface area contributed by atoms with Crippen LogP contribution in [-0.4, -0.2) is 12.6 Å². The predicted octanol–water partition coefficient (Wildman–Crippen LogP) is 3.61. The van der Waals surface area contributed by atoms with Gasteiger partial charge < -0.3 is 10.6 Å². The van der Waals surface area contributed by atoms with Crippen molar-refractivity contribution in [2.45, 2.75) is 58.5 Å². The molecule has 1 aliphatic rings. The van der Waals surface area contributed by atoms with Crippen molar-refractivity contribution in [3.8, 4) is 0 Å². The highest BCUT2D eigenvalue weighted by atomic mass is 15.2. The summed E-state index contributed by atoms with van der Waals surface area (Å²) in [5, 5.41) is 0. The van der Waals surface area contributed by atoms with Gasteiger partial charge in [-0.2, -0.15) is 0 Å². The highest BCUT2D eigenvalue weighted by Crippen LogP contribution is 2.27. The smallest absolute Gasteiger partial charge is 0.0371 e. The maximum atomic E-state index is 5.74. The Morgan fingerprint density at radius 1 is 1.28 bits per heavy atom. The molecule has 1 unspecified atom stereocenters. The van der Waals surface area contributed by atoms with Crippen LogP contribution in [0, 0.1) is 6.92 Å². The minimum Gasteiger partial charge on any atom is -0.369 e. The van der Waals surface area contributed by atoms with E-state index in [1.807, 2.05) is 0 Å². The monoisotopic (exact) mass is 246 g/mol. The van der Waals surface area contributed by atoms with Crippen LogP contribution in [-0.2, 0) is 6.54 Å². The molecule has 1 heterocycles. The van der Waals surface area contributed by atoms with Crippen LogP contribution < -0.4 is 10.6 Å². The molecular weight excluding hydrogens is 220 g/mol. The molecule has 1 fully saturated rings. The standard InChI is InChI=1S/C16H26N2/c1-3-15-7-5-4-6-10-18(15)16-9-8-14(12-17)13(2)11-16/h8-9,11,15H,3-7,10,12,17H2,1-2H3. The molecule has 2 nitrogen and oxygen atoms in total. The largest absolute Gasteiger partial charge is 0.369 e. The number of benzene rings is 1. The zero-order chi connectivity index (χ0) is 13.0. The van der Waals surface area contributed by atoms with E-state index in [9.17, 15) is 0 Å². The first-order valence-corrected chi connectivity index (χ1v) is 7.32. The fourth-order valence-electron chi connectivity index (χ4n) is 3.03. The number of rotatable bonds is 3. The molecule has 1 aromatic carbocycles. The molecule has 1 saturated heterocycles. The van der Waals surface area contributed by atoms with E-state index in [1.54, 1.807) is 0 Å². The molecule has 18 heavy (non-hydrogen) atoms. The summed E-state index contributed by atoms with van der Waals surface area (Å²) in [4.78, 5) is 2.61. The van der Waals surface area contributed by atoms with Gasteiger partial charge in [0.05, 0.1) is 0 Å². The maximum Gasteiger partial charge on any atom is 0.0371 e. The van der Waals surface area contributed by atoms with Crippen molar-refractivity contribution in [1.29, 1.82) is 0 Å². The van der Waals surface area contributed by atoms with E-state index in [1.165, 1.54) is 55.5 Å². The second kappa shape index (κ2) is 6.24. The summed E-state index contributed by atoms with van der Waals surface area (Å²) in [5.74, 6) is 0. The summed E-state index contributed by atoms with van der Waals surface area (Å²) >= 11 is 0. The van der Waals surface area contributed by atoms with Crippen molar-refractivity contribution in [2.24, 2.45) is 5.73 Å². The topological polar surface area (TPSA) is 29.3 Å². The zero-order valence-corrected chi connectivity index (χ0v) is 11.8. The number of anilines is 1. The van der Waals surface area contributed by atoms with E-state index in [2.05, 4.69) is 36.9 Å². The van der Waals surface area contributed by atoms with Gasteiger partial charge in [-0.1, -0.05) is 25.8 Å². The van der Waals surface area contributed by atoms with Crippen LogP contribution in [0.4, 0.5) is 5.69 Å². The summed E-state index contributed by atoms with van der Waals surface area (Å²) in [5.41, 5.74) is 9.72. The molecular formula is C16H26N2. The van der Waals surface area contributed by atoms with Crippen LogP contribution >= 0.6 is 0 Å². The quantitative estimate of drug-likeness (QED) is 0.882. The Labute approximate surface area is 111 Å². The minimum atomic E-state index is 0.642. The van der Waals surface area contributed by atoms with Gasteiger partial charge in [-0.05, 0) is 49.4 Å². The highest BCUT2D eigenvalue weighted by molar-refractivity contribution is 5.51. The first kappa shape index (κ1) is 13.4. The molecule has 1 atom stereocenters. The lowest BCUT2D eigenvalue weighted by Crippen LogP contribution is -2.34. The molecule has 0 radical (unpaired) electrons. The Morgan fingerprint density at radius 3 is 2.78 bits per heavy atom. The van der Waals surface area contributed by atoms with Crippen LogP contribution in [0.2, 0.25) is 0 Å². The number of nitrogens with two attached hydrogens (primary N) is 1. The van der Waals surface area contributed by atoms with E-state index >= 15 is 0 Å². The SMILES string of the molecule is CCC1CCCCCN1c1ccc(CN)c(C)c1. The van der Waals surface area contributed by atoms with Crippen molar-refractivity contribution < 1.29 is 0 Å². The summed E-state index contributed by atoms with van der Waals surface area (Å²) in [7, 11) is 0. The van der Waals surface area contributed by atoms with Crippen LogP contribution in [0.15, 0.2) is 18.2 Å². The van der Waals surface area contributed by atoms with E-state index in [0.29, 0.717) is 6.54 Å². The average Bonchev–Trinajstić information content (AvgIpc) is 2.63. The Kier molecular flexibility index (Phi) is 4.65. The van der Waals surface area contributed by atoms with Gasteiger partial charge in [0.25, 0.3) is 0 Å². The van der Waals surface area contributed by atoms with Gasteiger partial charge in [-0.25, -0.2) is 0 Å². The summed E-state index contributed by atoms with van der Waals surface area (Å²) in [6.45, 7) is 6.33. The Morgan fingerprint density at radius 2 is 2.11 bits per heavy atom. The van der Waals surface area contributed by atoms with Gasteiger partial charge in [0, 0.05) is 24.8 Å². The lowest BCUT2D eigenvalue weighted by Gasteiger charge is -2.32. The second-order valence-electron chi connectivity index (χ2n) is 5.42. The molecule has 0 amide bonds. The lowest BCUT2D eigenvalue weighted by molar-refractivity contribution is 0.556. The first-order chi connectivity index (χ1) is 8.76. The van der Waals surface area contributed by atoms with Gasteiger partial charge in [-0.15, -0.1) is 0 Å². The van der Waals surface area contributed by atoms with Crippen molar-refractivity contribution >= 4 is 5.69 Å². The van der Waals surface area contributed by atoms with Gasteiger partial charge in [0.2, 0.25) is 0 Å². The Hall–Kier alpha value is -1.02. The molecule has 0 aliphatic carbocycles. The van der Waals surface area contributed by atoms with Gasteiger partial charge >= 0.3 is 0 Å². The molecule has 1 aliphatic heterocycles. The highest BCUT2D eigenvalue weighted by Gasteiger charge is 2.19. The molecule has 0 aromatic heterocycles. The lowest BCUT2D eigenvalue weighted by atomic mass is 10.0. The molecule has 0 spiro atoms. The first-order valence-electron chi connectivity index (χ1n) is 7.32. The number of hydrogen-bond donors (Lipinski definition) is 1. The molecule has 1 aromatic rings. The van der Waals surface area contributed by atoms with Crippen molar-refractivity contribution in [3.05, 3.63) is 29.3 Å². The summed E-state index contributed by atoms with van der Waals surface area (Å²) in [6.07, 6.45) is 6.68. The summed E-state index contributed by atoms with van der Waals surface area (Å²) < 4.78 is 0. The van der Waals surface area contributed by atoms with Crippen LogP contribution in [0.5, 0.6) is 0 Å². The van der Waals surface area contributed by atoms with Gasteiger partial charge in [0.15, 0.2) is 0 Å². The van der Waals surface area contributed by atoms with E-state index in [0.717, 1.165) is 6.04 Å². The molecule has 2 rings (SSSR count). The van der Waals surface area contributed by atoms with Crippen LogP contribution in [0.25, 0.3) is 0 Å². The predicted molar refractivity (Wildman–Crippen MR) is 79.0 cm³/mol. The third kappa shape index (κ3) is 2.86. The summed E-state index contributed by atoms with van der Waals surface area (Å²) in [6, 6.07) is 7.48. The van der Waals surface area contributed by atoms with Crippen LogP contribution in [0.3, 0.4) is 0 Å². The molecule has 0 saturated carbocycles. The molecule has 0 bridgehead atoms. The molecule has 2 N–H and O–H groups in total. The fourth-order valence-corrected chi connectivity index (χ4v) is 3.03. The van der Waals surface area contributed by atoms with Crippen molar-refractivity contribution in [1.82, 2.24) is 0 Å². The fraction of sp³-hybridized carbons (Fsp3) is 0.625. The second-order valence-corrected chi connectivity index (χ2v) is 5.42.